The molecule has 1 saturated carbocycles. The van der Waals surface area contributed by atoms with Crippen molar-refractivity contribution >= 4 is 11.4 Å². The number of benzene rings is 2. The van der Waals surface area contributed by atoms with Gasteiger partial charge in [0, 0.05) is 5.69 Å². The molecule has 0 radical (unpaired) electrons. The topological polar surface area (TPSA) is 46.8 Å². The molecule has 0 amide bonds. The van der Waals surface area contributed by atoms with Crippen molar-refractivity contribution in [3.63, 3.8) is 0 Å². The summed E-state index contributed by atoms with van der Waals surface area (Å²) in [5, 5.41) is 12.8. The van der Waals surface area contributed by atoms with E-state index in [0.717, 1.165) is 24.4 Å². The summed E-state index contributed by atoms with van der Waals surface area (Å²) in [7, 11) is 0. The molecular formula is C19H19N5. The molecule has 3 aromatic rings. The molecule has 5 nitrogen and oxygen atoms in total. The molecule has 5 heteroatoms. The molecule has 1 aliphatic carbocycles. The van der Waals surface area contributed by atoms with Gasteiger partial charge in [-0.3, -0.25) is 0 Å². The van der Waals surface area contributed by atoms with E-state index < -0.39 is 0 Å². The Kier molecular flexibility index (Phi) is 2.95. The molecule has 2 aliphatic rings. The lowest BCUT2D eigenvalue weighted by Gasteiger charge is -2.49. The van der Waals surface area contributed by atoms with E-state index in [1.807, 2.05) is 10.7 Å². The van der Waals surface area contributed by atoms with Crippen LogP contribution in [0.3, 0.4) is 0 Å². The van der Waals surface area contributed by atoms with Gasteiger partial charge in [-0.2, -0.15) is 4.68 Å². The van der Waals surface area contributed by atoms with Crippen molar-refractivity contribution in [2.24, 2.45) is 0 Å². The Morgan fingerprint density at radius 1 is 0.792 bits per heavy atom. The number of aromatic nitrogens is 4. The van der Waals surface area contributed by atoms with E-state index in [-0.39, 0.29) is 5.54 Å². The maximum absolute atomic E-state index is 4.47. The number of fused-ring (bicyclic) bond motifs is 4. The lowest BCUT2D eigenvalue weighted by molar-refractivity contribution is 0.272. The monoisotopic (exact) mass is 317 g/mol. The molecule has 1 aliphatic heterocycles. The van der Waals surface area contributed by atoms with Gasteiger partial charge >= 0.3 is 0 Å². The summed E-state index contributed by atoms with van der Waals surface area (Å²) in [6.07, 6.45) is 5.86. The Bertz CT molecular complexity index is 864. The first-order chi connectivity index (χ1) is 11.9. The average Bonchev–Trinajstić information content (AvgIpc) is 3.15. The highest BCUT2D eigenvalue weighted by molar-refractivity contribution is 5.76. The summed E-state index contributed by atoms with van der Waals surface area (Å²) in [6.45, 7) is 0. The molecule has 2 heterocycles. The molecule has 0 saturated heterocycles. The predicted molar refractivity (Wildman–Crippen MR) is 92.5 cm³/mol. The SMILES string of the molecule is c1ccc(N2c3ccccc3-n3nnnc3C23CCCCC3)cc1. The maximum Gasteiger partial charge on any atom is 0.182 e. The lowest BCUT2D eigenvalue weighted by Crippen LogP contribution is -2.49. The first-order valence-electron chi connectivity index (χ1n) is 8.64. The fourth-order valence-corrected chi connectivity index (χ4v) is 4.35. The van der Waals surface area contributed by atoms with Crippen LogP contribution in [0.4, 0.5) is 11.4 Å². The Morgan fingerprint density at radius 2 is 1.50 bits per heavy atom. The minimum atomic E-state index is -0.155. The van der Waals surface area contributed by atoms with Crippen molar-refractivity contribution < 1.29 is 0 Å². The summed E-state index contributed by atoms with van der Waals surface area (Å²) in [4.78, 5) is 2.48. The van der Waals surface area contributed by atoms with E-state index in [1.54, 1.807) is 0 Å². The van der Waals surface area contributed by atoms with E-state index in [9.17, 15) is 0 Å². The quantitative estimate of drug-likeness (QED) is 0.681. The van der Waals surface area contributed by atoms with E-state index in [2.05, 4.69) is 69.0 Å². The predicted octanol–water partition coefficient (Wildman–Crippen LogP) is 3.97. The van der Waals surface area contributed by atoms with Gasteiger partial charge in [0.05, 0.1) is 11.4 Å². The molecule has 1 fully saturated rings. The minimum absolute atomic E-state index is 0.155. The summed E-state index contributed by atoms with van der Waals surface area (Å²) >= 11 is 0. The summed E-state index contributed by atoms with van der Waals surface area (Å²) in [5.74, 6) is 0.977. The highest BCUT2D eigenvalue weighted by Gasteiger charge is 2.48. The second-order valence-corrected chi connectivity index (χ2v) is 6.67. The van der Waals surface area contributed by atoms with Crippen molar-refractivity contribution in [3.8, 4) is 5.69 Å². The van der Waals surface area contributed by atoms with Gasteiger partial charge < -0.3 is 4.90 Å². The van der Waals surface area contributed by atoms with Crippen LogP contribution >= 0.6 is 0 Å². The first kappa shape index (κ1) is 13.7. The fourth-order valence-electron chi connectivity index (χ4n) is 4.35. The molecule has 5 rings (SSSR count). The third kappa shape index (κ3) is 1.78. The van der Waals surface area contributed by atoms with E-state index in [1.165, 1.54) is 30.6 Å². The van der Waals surface area contributed by atoms with Crippen molar-refractivity contribution in [1.82, 2.24) is 20.2 Å². The Morgan fingerprint density at radius 3 is 2.29 bits per heavy atom. The Balaban J connectivity index is 1.82. The van der Waals surface area contributed by atoms with E-state index in [4.69, 9.17) is 0 Å². The number of para-hydroxylation sites is 3. The highest BCUT2D eigenvalue weighted by atomic mass is 15.6. The number of anilines is 2. The molecule has 120 valence electrons. The molecule has 24 heavy (non-hydrogen) atoms. The van der Waals surface area contributed by atoms with Crippen LogP contribution in [-0.4, -0.2) is 20.2 Å². The molecule has 0 bridgehead atoms. The van der Waals surface area contributed by atoms with Gasteiger partial charge in [0.15, 0.2) is 5.82 Å². The third-order valence-corrected chi connectivity index (χ3v) is 5.36. The van der Waals surface area contributed by atoms with Crippen LogP contribution in [0.15, 0.2) is 54.6 Å². The van der Waals surface area contributed by atoms with Gasteiger partial charge in [0.2, 0.25) is 0 Å². The van der Waals surface area contributed by atoms with Crippen LogP contribution in [0.1, 0.15) is 37.9 Å². The molecule has 0 unspecified atom stereocenters. The number of nitrogens with zero attached hydrogens (tertiary/aromatic N) is 5. The van der Waals surface area contributed by atoms with E-state index in [0.29, 0.717) is 0 Å². The summed E-state index contributed by atoms with van der Waals surface area (Å²) in [5.41, 5.74) is 3.29. The van der Waals surface area contributed by atoms with Gasteiger partial charge in [-0.05, 0) is 47.5 Å². The summed E-state index contributed by atoms with van der Waals surface area (Å²) in [6, 6.07) is 19.1. The smallest absolute Gasteiger partial charge is 0.182 e. The zero-order chi connectivity index (χ0) is 16.0. The number of hydrogen-bond donors (Lipinski definition) is 0. The van der Waals surface area contributed by atoms with Crippen LogP contribution in [0.25, 0.3) is 5.69 Å². The first-order valence-corrected chi connectivity index (χ1v) is 8.64. The second-order valence-electron chi connectivity index (χ2n) is 6.67. The van der Waals surface area contributed by atoms with Gasteiger partial charge in [-0.25, -0.2) is 0 Å². The Hall–Kier alpha value is -2.69. The average molecular weight is 317 g/mol. The van der Waals surface area contributed by atoms with Crippen LogP contribution in [0.5, 0.6) is 0 Å². The van der Waals surface area contributed by atoms with Crippen molar-refractivity contribution in [1.29, 1.82) is 0 Å². The number of tetrazole rings is 1. The van der Waals surface area contributed by atoms with Crippen molar-refractivity contribution in [2.45, 2.75) is 37.6 Å². The largest absolute Gasteiger partial charge is 0.326 e. The molecule has 0 N–H and O–H groups in total. The maximum atomic E-state index is 4.47. The zero-order valence-electron chi connectivity index (χ0n) is 13.5. The van der Waals surface area contributed by atoms with Gasteiger partial charge in [0.25, 0.3) is 0 Å². The number of hydrogen-bond acceptors (Lipinski definition) is 4. The molecule has 2 aromatic carbocycles. The molecule has 1 aromatic heterocycles. The highest BCUT2D eigenvalue weighted by Crippen LogP contribution is 2.51. The van der Waals surface area contributed by atoms with Crippen molar-refractivity contribution in [2.75, 3.05) is 4.90 Å². The molecule has 1 spiro atoms. The second kappa shape index (κ2) is 5.16. The fraction of sp³-hybridized carbons (Fsp3) is 0.316. The Labute approximate surface area is 140 Å². The lowest BCUT2D eigenvalue weighted by atomic mass is 9.77. The third-order valence-electron chi connectivity index (χ3n) is 5.36. The normalized spacial score (nSPS) is 18.2. The molecule has 0 atom stereocenters. The molecular weight excluding hydrogens is 298 g/mol. The van der Waals surface area contributed by atoms with Crippen LogP contribution in [0.2, 0.25) is 0 Å². The van der Waals surface area contributed by atoms with Crippen LogP contribution in [0, 0.1) is 0 Å². The van der Waals surface area contributed by atoms with Crippen LogP contribution < -0.4 is 4.90 Å². The summed E-state index contributed by atoms with van der Waals surface area (Å²) < 4.78 is 1.94. The van der Waals surface area contributed by atoms with E-state index >= 15 is 0 Å². The van der Waals surface area contributed by atoms with Crippen LogP contribution in [-0.2, 0) is 5.54 Å². The van der Waals surface area contributed by atoms with Gasteiger partial charge in [0.1, 0.15) is 5.54 Å². The number of rotatable bonds is 1. The van der Waals surface area contributed by atoms with Crippen molar-refractivity contribution in [3.05, 3.63) is 60.4 Å². The standard InChI is InChI=1S/C19H19N5/c1-3-9-15(10-4-1)23-16-11-5-6-12-17(16)24-18(20-21-22-24)19(23)13-7-2-8-14-19/h1,3-6,9-12H,2,7-8,13-14H2. The zero-order valence-corrected chi connectivity index (χ0v) is 13.5. The van der Waals surface area contributed by atoms with Gasteiger partial charge in [-0.15, -0.1) is 5.10 Å². The van der Waals surface area contributed by atoms with Gasteiger partial charge in [-0.1, -0.05) is 49.6 Å². The minimum Gasteiger partial charge on any atom is -0.326 e.